The van der Waals surface area contributed by atoms with Crippen molar-refractivity contribution in [3.8, 4) is 0 Å². The van der Waals surface area contributed by atoms with Crippen molar-refractivity contribution in [2.75, 3.05) is 18.5 Å². The number of rotatable bonds is 6. The van der Waals surface area contributed by atoms with Crippen molar-refractivity contribution >= 4 is 17.3 Å². The Balaban J connectivity index is 1.25. The number of hydrogen-bond donors (Lipinski definition) is 1. The highest BCUT2D eigenvalue weighted by molar-refractivity contribution is 5.77. The Morgan fingerprint density at radius 2 is 1.89 bits per heavy atom. The fourth-order valence-electron chi connectivity index (χ4n) is 4.80. The Hall–Kier alpha value is -3.14. The molecule has 0 spiro atoms. The van der Waals surface area contributed by atoms with E-state index in [9.17, 15) is 28.1 Å². The van der Waals surface area contributed by atoms with Crippen LogP contribution in [0.15, 0.2) is 36.4 Å². The Morgan fingerprint density at radius 1 is 1.14 bits per heavy atom. The summed E-state index contributed by atoms with van der Waals surface area (Å²) < 4.78 is 45.5. The van der Waals surface area contributed by atoms with Gasteiger partial charge >= 0.3 is 6.18 Å². The van der Waals surface area contributed by atoms with E-state index in [0.29, 0.717) is 38.8 Å². The molecular weight excluding hydrogens is 463 g/mol. The van der Waals surface area contributed by atoms with Crippen LogP contribution in [0.3, 0.4) is 0 Å². The minimum atomic E-state index is -4.81. The zero-order valence-electron chi connectivity index (χ0n) is 19.4. The van der Waals surface area contributed by atoms with Crippen molar-refractivity contribution in [2.24, 2.45) is 0 Å². The van der Waals surface area contributed by atoms with Crippen molar-refractivity contribution in [1.82, 2.24) is 4.90 Å². The number of amides is 1. The summed E-state index contributed by atoms with van der Waals surface area (Å²) in [6.07, 6.45) is -1.40. The summed E-state index contributed by atoms with van der Waals surface area (Å²) in [5.41, 5.74) is 1.64. The number of anilines is 1. The van der Waals surface area contributed by atoms with Crippen molar-refractivity contribution in [3.05, 3.63) is 68.8 Å². The average molecular weight is 492 g/mol. The second-order valence-corrected chi connectivity index (χ2v) is 9.25. The molecule has 1 N–H and O–H groups in total. The molecule has 2 aromatic carbocycles. The van der Waals surface area contributed by atoms with E-state index in [4.69, 9.17) is 4.74 Å². The van der Waals surface area contributed by atoms with Crippen molar-refractivity contribution in [2.45, 2.75) is 63.9 Å². The van der Waals surface area contributed by atoms with Gasteiger partial charge in [0, 0.05) is 30.9 Å². The molecule has 0 bridgehead atoms. The van der Waals surface area contributed by atoms with E-state index in [1.807, 2.05) is 4.90 Å². The Kier molecular flexibility index (Phi) is 7.30. The molecule has 1 aliphatic carbocycles. The minimum Gasteiger partial charge on any atom is -0.382 e. The molecule has 2 aromatic rings. The molecule has 1 fully saturated rings. The summed E-state index contributed by atoms with van der Waals surface area (Å²) in [4.78, 5) is 24.4. The van der Waals surface area contributed by atoms with Gasteiger partial charge in [-0.05, 0) is 62.3 Å². The molecule has 35 heavy (non-hydrogen) atoms. The number of carbonyl (C=O) groups is 1. The molecule has 0 radical (unpaired) electrons. The normalized spacial score (nSPS) is 20.3. The maximum absolute atomic E-state index is 13.2. The number of halogens is 3. The predicted octanol–water partition coefficient (Wildman–Crippen LogP) is 5.25. The van der Waals surface area contributed by atoms with Gasteiger partial charge in [-0.3, -0.25) is 14.9 Å². The number of nitro benzene ring substituents is 1. The van der Waals surface area contributed by atoms with Gasteiger partial charge in [-0.15, -0.1) is 0 Å². The van der Waals surface area contributed by atoms with Crippen molar-refractivity contribution < 1.29 is 27.6 Å². The first kappa shape index (κ1) is 25.0. The lowest BCUT2D eigenvalue weighted by atomic mass is 9.92. The monoisotopic (exact) mass is 491 g/mol. The van der Waals surface area contributed by atoms with E-state index < -0.39 is 22.4 Å². The summed E-state index contributed by atoms with van der Waals surface area (Å²) in [6.45, 7) is 3.33. The standard InChI is InChI=1S/C25H28F3N3O4/c1-16-2-3-18-14-30(11-10-17(18)12-16)24(32)15-35-21-7-4-19(5-8-21)29-20-6-9-23(31(33)34)22(13-20)25(26,27)28/h2-3,6,9,12-13,19,21,29H,4-5,7-8,10-11,14-15H2,1H3. The van der Waals surface area contributed by atoms with Gasteiger partial charge in [0.1, 0.15) is 12.2 Å². The minimum absolute atomic E-state index is 0.0151. The topological polar surface area (TPSA) is 84.7 Å². The highest BCUT2D eigenvalue weighted by Crippen LogP contribution is 2.38. The molecule has 188 valence electrons. The summed E-state index contributed by atoms with van der Waals surface area (Å²) in [7, 11) is 0. The van der Waals surface area contributed by atoms with Gasteiger partial charge in [0.25, 0.3) is 5.69 Å². The molecule has 7 nitrogen and oxygen atoms in total. The number of carbonyl (C=O) groups excluding carboxylic acids is 1. The Morgan fingerprint density at radius 3 is 2.57 bits per heavy atom. The number of aryl methyl sites for hydroxylation is 1. The van der Waals surface area contributed by atoms with Gasteiger partial charge < -0.3 is 15.0 Å². The van der Waals surface area contributed by atoms with Crippen LogP contribution in [0.1, 0.15) is 47.9 Å². The Labute approximate surface area is 201 Å². The van der Waals surface area contributed by atoms with Crippen LogP contribution < -0.4 is 5.32 Å². The molecule has 1 saturated carbocycles. The Bertz CT molecular complexity index is 1100. The highest BCUT2D eigenvalue weighted by atomic mass is 19.4. The second-order valence-electron chi connectivity index (χ2n) is 9.25. The zero-order chi connectivity index (χ0) is 25.2. The average Bonchev–Trinajstić information content (AvgIpc) is 2.82. The third kappa shape index (κ3) is 6.11. The van der Waals surface area contributed by atoms with Gasteiger partial charge in [0.05, 0.1) is 11.0 Å². The van der Waals surface area contributed by atoms with E-state index in [0.717, 1.165) is 18.6 Å². The molecule has 0 aromatic heterocycles. The first-order chi connectivity index (χ1) is 16.6. The summed E-state index contributed by atoms with van der Waals surface area (Å²) in [5, 5.41) is 14.0. The molecule has 0 atom stereocenters. The van der Waals surface area contributed by atoms with Gasteiger partial charge in [-0.2, -0.15) is 13.2 Å². The van der Waals surface area contributed by atoms with Crippen LogP contribution in [0.25, 0.3) is 0 Å². The van der Waals surface area contributed by atoms with E-state index in [1.165, 1.54) is 22.8 Å². The van der Waals surface area contributed by atoms with Crippen LogP contribution >= 0.6 is 0 Å². The maximum atomic E-state index is 13.2. The van der Waals surface area contributed by atoms with Crippen LogP contribution in [-0.2, 0) is 28.7 Å². The van der Waals surface area contributed by atoms with Gasteiger partial charge in [-0.1, -0.05) is 23.8 Å². The molecule has 10 heteroatoms. The van der Waals surface area contributed by atoms with E-state index >= 15 is 0 Å². The lowest BCUT2D eigenvalue weighted by molar-refractivity contribution is -0.388. The van der Waals surface area contributed by atoms with Gasteiger partial charge in [0.15, 0.2) is 0 Å². The number of fused-ring (bicyclic) bond motifs is 1. The number of ether oxygens (including phenoxy) is 1. The second kappa shape index (κ2) is 10.2. The van der Waals surface area contributed by atoms with E-state index in [-0.39, 0.29) is 30.3 Å². The molecule has 1 aliphatic heterocycles. The molecule has 1 heterocycles. The number of nitrogens with zero attached hydrogens (tertiary/aromatic N) is 2. The maximum Gasteiger partial charge on any atom is 0.423 e. The van der Waals surface area contributed by atoms with Crippen LogP contribution in [0.2, 0.25) is 0 Å². The quantitative estimate of drug-likeness (QED) is 0.441. The number of hydrogen-bond acceptors (Lipinski definition) is 5. The first-order valence-electron chi connectivity index (χ1n) is 11.7. The van der Waals surface area contributed by atoms with Crippen LogP contribution in [0, 0.1) is 17.0 Å². The number of benzene rings is 2. The van der Waals surface area contributed by atoms with E-state index in [2.05, 4.69) is 30.4 Å². The summed E-state index contributed by atoms with van der Waals surface area (Å²) >= 11 is 0. The fraction of sp³-hybridized carbons (Fsp3) is 0.480. The number of alkyl halides is 3. The molecule has 2 aliphatic rings. The fourth-order valence-corrected chi connectivity index (χ4v) is 4.80. The third-order valence-corrected chi connectivity index (χ3v) is 6.71. The largest absolute Gasteiger partial charge is 0.423 e. The van der Waals surface area contributed by atoms with Crippen LogP contribution in [-0.4, -0.2) is 41.0 Å². The van der Waals surface area contributed by atoms with Gasteiger partial charge in [0.2, 0.25) is 5.91 Å². The summed E-state index contributed by atoms with van der Waals surface area (Å²) in [6, 6.07) is 9.18. The van der Waals surface area contributed by atoms with Crippen molar-refractivity contribution in [1.29, 1.82) is 0 Å². The lowest BCUT2D eigenvalue weighted by Gasteiger charge is -2.32. The van der Waals surface area contributed by atoms with Crippen molar-refractivity contribution in [3.63, 3.8) is 0 Å². The smallest absolute Gasteiger partial charge is 0.382 e. The van der Waals surface area contributed by atoms with Crippen LogP contribution in [0.5, 0.6) is 0 Å². The molecule has 0 saturated heterocycles. The molecular formula is C25H28F3N3O4. The van der Waals surface area contributed by atoms with Gasteiger partial charge in [-0.25, -0.2) is 0 Å². The number of nitrogens with one attached hydrogen (secondary N) is 1. The highest BCUT2D eigenvalue weighted by Gasteiger charge is 2.38. The predicted molar refractivity (Wildman–Crippen MR) is 124 cm³/mol. The molecule has 1 amide bonds. The zero-order valence-corrected chi connectivity index (χ0v) is 19.4. The summed E-state index contributed by atoms with van der Waals surface area (Å²) in [5.74, 6) is -0.0398. The number of nitro groups is 1. The first-order valence-corrected chi connectivity index (χ1v) is 11.7. The molecule has 4 rings (SSSR count). The molecule has 0 unspecified atom stereocenters. The lowest BCUT2D eigenvalue weighted by Crippen LogP contribution is -2.39. The third-order valence-electron chi connectivity index (χ3n) is 6.71. The van der Waals surface area contributed by atoms with E-state index in [1.54, 1.807) is 0 Å². The SMILES string of the molecule is Cc1ccc2c(c1)CCN(C(=O)COC1CCC(Nc3ccc([N+](=O)[O-])c(C(F)(F)F)c3)CC1)C2. The van der Waals surface area contributed by atoms with Crippen LogP contribution in [0.4, 0.5) is 24.5 Å².